The molecule has 57 valence electrons. The lowest BCUT2D eigenvalue weighted by Gasteiger charge is -1.98. The summed E-state index contributed by atoms with van der Waals surface area (Å²) < 4.78 is 0. The van der Waals surface area contributed by atoms with E-state index in [4.69, 9.17) is 0 Å². The maximum absolute atomic E-state index is 3.06. The molecule has 0 fully saturated rings. The molecule has 0 saturated heterocycles. The molecule has 0 saturated carbocycles. The molecule has 0 atom stereocenters. The first-order valence-electron chi connectivity index (χ1n) is 3.98. The Kier molecular flexibility index (Phi) is 1.91. The van der Waals surface area contributed by atoms with Gasteiger partial charge in [0, 0.05) is 0 Å². The van der Waals surface area contributed by atoms with Gasteiger partial charge in [-0.05, 0) is 23.3 Å². The minimum atomic E-state index is 1.22. The van der Waals surface area contributed by atoms with Gasteiger partial charge in [0.15, 0.2) is 0 Å². The van der Waals surface area contributed by atoms with Gasteiger partial charge in [0.25, 0.3) is 0 Å². The van der Waals surface area contributed by atoms with Crippen LogP contribution in [0, 0.1) is 6.07 Å². The molecule has 0 nitrogen and oxygen atoms in total. The molecule has 1 radical (unpaired) electrons. The third-order valence-electron chi connectivity index (χ3n) is 1.81. The summed E-state index contributed by atoms with van der Waals surface area (Å²) in [5.74, 6) is 0. The summed E-state index contributed by atoms with van der Waals surface area (Å²) in [5, 5.41) is 0. The summed E-state index contributed by atoms with van der Waals surface area (Å²) in [5.41, 5.74) is 2.47. The van der Waals surface area contributed by atoms with Gasteiger partial charge < -0.3 is 0 Å². The topological polar surface area (TPSA) is 0 Å². The first-order valence-corrected chi connectivity index (χ1v) is 3.98. The molecule has 0 heteroatoms. The zero-order valence-corrected chi connectivity index (χ0v) is 6.70. The van der Waals surface area contributed by atoms with E-state index < -0.39 is 0 Å². The van der Waals surface area contributed by atoms with Crippen LogP contribution in [0.5, 0.6) is 0 Å². The van der Waals surface area contributed by atoms with Crippen molar-refractivity contribution in [2.24, 2.45) is 0 Å². The molecule has 2 aromatic carbocycles. The van der Waals surface area contributed by atoms with Crippen molar-refractivity contribution in [3.8, 4) is 11.1 Å². The minimum Gasteiger partial charge on any atom is -0.0622 e. The van der Waals surface area contributed by atoms with Crippen LogP contribution in [-0.2, 0) is 0 Å². The van der Waals surface area contributed by atoms with Crippen LogP contribution in [0.3, 0.4) is 0 Å². The summed E-state index contributed by atoms with van der Waals surface area (Å²) in [6, 6.07) is 21.4. The van der Waals surface area contributed by atoms with E-state index in [1.54, 1.807) is 0 Å². The van der Waals surface area contributed by atoms with Crippen molar-refractivity contribution < 1.29 is 0 Å². The van der Waals surface area contributed by atoms with Crippen LogP contribution in [0.25, 0.3) is 11.1 Å². The molecule has 0 aliphatic heterocycles. The van der Waals surface area contributed by atoms with Crippen LogP contribution in [0.15, 0.2) is 54.6 Å². The normalized spacial score (nSPS) is 9.67. The Morgan fingerprint density at radius 1 is 0.750 bits per heavy atom. The quantitative estimate of drug-likeness (QED) is 0.590. The summed E-state index contributed by atoms with van der Waals surface area (Å²) >= 11 is 0. The molecule has 0 heterocycles. The van der Waals surface area contributed by atoms with Gasteiger partial charge in [-0.3, -0.25) is 0 Å². The van der Waals surface area contributed by atoms with Gasteiger partial charge >= 0.3 is 0 Å². The van der Waals surface area contributed by atoms with Crippen molar-refractivity contribution in [2.75, 3.05) is 0 Å². The summed E-state index contributed by atoms with van der Waals surface area (Å²) in [6.07, 6.45) is 0. The predicted octanol–water partition coefficient (Wildman–Crippen LogP) is 3.15. The predicted molar refractivity (Wildman–Crippen MR) is 50.7 cm³/mol. The molecule has 0 amide bonds. The van der Waals surface area contributed by atoms with Gasteiger partial charge in [0.2, 0.25) is 0 Å². The highest BCUT2D eigenvalue weighted by Crippen LogP contribution is 2.16. The fourth-order valence-corrected chi connectivity index (χ4v) is 1.20. The van der Waals surface area contributed by atoms with E-state index in [1.807, 2.05) is 36.4 Å². The van der Waals surface area contributed by atoms with Crippen LogP contribution >= 0.6 is 0 Å². The maximum atomic E-state index is 3.06. The van der Waals surface area contributed by atoms with Gasteiger partial charge in [-0.2, -0.15) is 0 Å². The fraction of sp³-hybridized carbons (Fsp3) is 0. The van der Waals surface area contributed by atoms with Gasteiger partial charge in [0.1, 0.15) is 0 Å². The largest absolute Gasteiger partial charge is 0.0622 e. The van der Waals surface area contributed by atoms with E-state index in [0.717, 1.165) is 0 Å². The molecule has 0 aromatic heterocycles. The van der Waals surface area contributed by atoms with Gasteiger partial charge in [-0.15, -0.1) is 0 Å². The Morgan fingerprint density at radius 3 is 2.17 bits per heavy atom. The van der Waals surface area contributed by atoms with Crippen LogP contribution in [0.2, 0.25) is 0 Å². The summed E-state index contributed by atoms with van der Waals surface area (Å²) in [4.78, 5) is 0. The molecule has 0 N–H and O–H groups in total. The SMILES string of the molecule is [c]1cccc(-c2ccccc2)c1. The van der Waals surface area contributed by atoms with E-state index in [2.05, 4.69) is 24.3 Å². The van der Waals surface area contributed by atoms with Crippen molar-refractivity contribution in [1.82, 2.24) is 0 Å². The average molecular weight is 153 g/mol. The Hall–Kier alpha value is -1.56. The second-order valence-corrected chi connectivity index (χ2v) is 2.66. The Balaban J connectivity index is 2.46. The van der Waals surface area contributed by atoms with Crippen molar-refractivity contribution in [3.05, 3.63) is 60.7 Å². The first-order chi connectivity index (χ1) is 5.97. The molecule has 0 aliphatic carbocycles. The molecule has 0 aliphatic rings. The van der Waals surface area contributed by atoms with E-state index in [1.165, 1.54) is 11.1 Å². The Bertz CT molecular complexity index is 297. The average Bonchev–Trinajstić information content (AvgIpc) is 2.21. The highest BCUT2D eigenvalue weighted by atomic mass is 14.0. The smallest absolute Gasteiger partial charge is 0.0178 e. The Morgan fingerprint density at radius 2 is 1.50 bits per heavy atom. The van der Waals surface area contributed by atoms with Crippen LogP contribution in [-0.4, -0.2) is 0 Å². The summed E-state index contributed by atoms with van der Waals surface area (Å²) in [7, 11) is 0. The lowest BCUT2D eigenvalue weighted by molar-refractivity contribution is 1.61. The zero-order valence-electron chi connectivity index (χ0n) is 6.70. The van der Waals surface area contributed by atoms with Crippen molar-refractivity contribution in [1.29, 1.82) is 0 Å². The lowest BCUT2D eigenvalue weighted by atomic mass is 10.1. The molecular formula is C12H9. The second-order valence-electron chi connectivity index (χ2n) is 2.66. The number of benzene rings is 2. The molecule has 2 aromatic rings. The number of hydrogen-bond acceptors (Lipinski definition) is 0. The van der Waals surface area contributed by atoms with Crippen molar-refractivity contribution >= 4 is 0 Å². The van der Waals surface area contributed by atoms with Crippen molar-refractivity contribution in [3.63, 3.8) is 0 Å². The van der Waals surface area contributed by atoms with Crippen LogP contribution < -0.4 is 0 Å². The molecular weight excluding hydrogens is 144 g/mol. The maximum Gasteiger partial charge on any atom is -0.0178 e. The van der Waals surface area contributed by atoms with E-state index in [-0.39, 0.29) is 0 Å². The third-order valence-corrected chi connectivity index (χ3v) is 1.81. The minimum absolute atomic E-state index is 1.22. The van der Waals surface area contributed by atoms with Gasteiger partial charge in [0.05, 0.1) is 0 Å². The zero-order chi connectivity index (χ0) is 8.23. The Labute approximate surface area is 72.5 Å². The number of hydrogen-bond donors (Lipinski definition) is 0. The second kappa shape index (κ2) is 3.22. The van der Waals surface area contributed by atoms with E-state index >= 15 is 0 Å². The lowest BCUT2D eigenvalue weighted by Crippen LogP contribution is -1.73. The molecule has 0 unspecified atom stereocenters. The molecule has 0 spiro atoms. The standard InChI is InChI=1S/C12H9/c1-3-7-11(8-4-1)12-9-5-2-6-10-12/h1-5,7-10H. The van der Waals surface area contributed by atoms with E-state index in [9.17, 15) is 0 Å². The van der Waals surface area contributed by atoms with Crippen molar-refractivity contribution in [2.45, 2.75) is 0 Å². The fourth-order valence-electron chi connectivity index (χ4n) is 1.20. The highest BCUT2D eigenvalue weighted by molar-refractivity contribution is 5.62. The number of rotatable bonds is 1. The highest BCUT2D eigenvalue weighted by Gasteiger charge is 1.91. The van der Waals surface area contributed by atoms with Gasteiger partial charge in [-0.25, -0.2) is 0 Å². The van der Waals surface area contributed by atoms with Crippen LogP contribution in [0.4, 0.5) is 0 Å². The van der Waals surface area contributed by atoms with Crippen LogP contribution in [0.1, 0.15) is 0 Å². The van der Waals surface area contributed by atoms with E-state index in [0.29, 0.717) is 0 Å². The van der Waals surface area contributed by atoms with Gasteiger partial charge in [-0.1, -0.05) is 48.5 Å². The molecule has 2 rings (SSSR count). The third kappa shape index (κ3) is 1.37. The molecule has 12 heavy (non-hydrogen) atoms. The monoisotopic (exact) mass is 153 g/mol. The molecule has 0 bridgehead atoms. The summed E-state index contributed by atoms with van der Waals surface area (Å²) in [6.45, 7) is 0. The first kappa shape index (κ1) is 7.11.